The van der Waals surface area contributed by atoms with Crippen LogP contribution in [0.1, 0.15) is 18.5 Å². The smallest absolute Gasteiger partial charge is 0.318 e. The summed E-state index contributed by atoms with van der Waals surface area (Å²) < 4.78 is 1.000. The largest absolute Gasteiger partial charge is 0.351 e. The number of carbonyl (C=O) groups excluding carboxylic acids is 2. The molecule has 4 N–H and O–H groups in total. The van der Waals surface area contributed by atoms with Gasteiger partial charge in [-0.25, -0.2) is 4.79 Å². The second-order valence-electron chi connectivity index (χ2n) is 3.57. The first kappa shape index (κ1) is 13.7. The van der Waals surface area contributed by atoms with Gasteiger partial charge in [0, 0.05) is 10.5 Å². The number of hydrogen-bond donors (Lipinski definition) is 3. The Labute approximate surface area is 108 Å². The minimum Gasteiger partial charge on any atom is -0.351 e. The number of amides is 3. The molecular formula is C11H14BrN3O2. The lowest BCUT2D eigenvalue weighted by Crippen LogP contribution is -2.41. The van der Waals surface area contributed by atoms with Crippen molar-refractivity contribution in [2.24, 2.45) is 5.73 Å². The van der Waals surface area contributed by atoms with Gasteiger partial charge >= 0.3 is 6.03 Å². The first-order valence-electron chi connectivity index (χ1n) is 5.07. The van der Waals surface area contributed by atoms with Crippen molar-refractivity contribution in [2.75, 3.05) is 6.54 Å². The molecule has 0 bridgehead atoms. The molecule has 6 heteroatoms. The molecule has 17 heavy (non-hydrogen) atoms. The first-order chi connectivity index (χ1) is 7.99. The second-order valence-corrected chi connectivity index (χ2v) is 4.48. The van der Waals surface area contributed by atoms with Crippen LogP contribution in [0.2, 0.25) is 0 Å². The van der Waals surface area contributed by atoms with Gasteiger partial charge in [0.25, 0.3) is 0 Å². The minimum atomic E-state index is -0.840. The van der Waals surface area contributed by atoms with Crippen LogP contribution in [0, 0.1) is 0 Å². The molecule has 92 valence electrons. The number of benzene rings is 1. The summed E-state index contributed by atoms with van der Waals surface area (Å²) in [5, 5.41) is 4.98. The third kappa shape index (κ3) is 4.97. The van der Waals surface area contributed by atoms with E-state index in [0.29, 0.717) is 0 Å². The highest BCUT2D eigenvalue weighted by Crippen LogP contribution is 2.16. The molecule has 1 atom stereocenters. The number of urea groups is 1. The summed E-state index contributed by atoms with van der Waals surface area (Å²) in [6.07, 6.45) is 0. The van der Waals surface area contributed by atoms with Crippen molar-refractivity contribution < 1.29 is 9.59 Å². The third-order valence-corrected chi connectivity index (χ3v) is 2.73. The van der Waals surface area contributed by atoms with Gasteiger partial charge in [-0.15, -0.1) is 0 Å². The van der Waals surface area contributed by atoms with E-state index in [4.69, 9.17) is 5.73 Å². The summed E-state index contributed by atoms with van der Waals surface area (Å²) in [5.74, 6) is -0.443. The Morgan fingerprint density at radius 3 is 2.47 bits per heavy atom. The van der Waals surface area contributed by atoms with Crippen LogP contribution in [-0.4, -0.2) is 18.5 Å². The highest BCUT2D eigenvalue weighted by molar-refractivity contribution is 9.10. The van der Waals surface area contributed by atoms with Crippen molar-refractivity contribution in [2.45, 2.75) is 13.0 Å². The van der Waals surface area contributed by atoms with Gasteiger partial charge < -0.3 is 11.1 Å². The average molecular weight is 300 g/mol. The van der Waals surface area contributed by atoms with E-state index in [2.05, 4.69) is 21.2 Å². The van der Waals surface area contributed by atoms with Crippen molar-refractivity contribution in [3.8, 4) is 0 Å². The highest BCUT2D eigenvalue weighted by Gasteiger charge is 2.08. The van der Waals surface area contributed by atoms with Crippen molar-refractivity contribution in [1.29, 1.82) is 0 Å². The maximum absolute atomic E-state index is 11.2. The quantitative estimate of drug-likeness (QED) is 0.783. The number of carbonyl (C=O) groups is 2. The molecular weight excluding hydrogens is 286 g/mol. The number of halogens is 1. The Hall–Kier alpha value is -1.40. The lowest BCUT2D eigenvalue weighted by atomic mass is 10.1. The molecule has 0 spiro atoms. The first-order valence-corrected chi connectivity index (χ1v) is 5.86. The zero-order valence-corrected chi connectivity index (χ0v) is 11.0. The van der Waals surface area contributed by atoms with Crippen LogP contribution in [0.4, 0.5) is 4.79 Å². The molecule has 0 unspecified atom stereocenters. The molecule has 1 aromatic carbocycles. The Morgan fingerprint density at radius 2 is 1.94 bits per heavy atom. The van der Waals surface area contributed by atoms with Gasteiger partial charge in [0.05, 0.1) is 6.54 Å². The predicted molar refractivity (Wildman–Crippen MR) is 68.3 cm³/mol. The number of primary amides is 1. The molecule has 0 saturated heterocycles. The molecule has 0 fully saturated rings. The second kappa shape index (κ2) is 6.36. The molecule has 0 radical (unpaired) electrons. The van der Waals surface area contributed by atoms with Crippen LogP contribution in [-0.2, 0) is 4.79 Å². The van der Waals surface area contributed by atoms with E-state index in [0.717, 1.165) is 10.0 Å². The third-order valence-electron chi connectivity index (χ3n) is 2.20. The van der Waals surface area contributed by atoms with Gasteiger partial charge in [0.15, 0.2) is 0 Å². The maximum Gasteiger partial charge on any atom is 0.318 e. The summed E-state index contributed by atoms with van der Waals surface area (Å²) in [5.41, 5.74) is 5.88. The fourth-order valence-electron chi connectivity index (χ4n) is 1.30. The van der Waals surface area contributed by atoms with Gasteiger partial charge in [0.1, 0.15) is 0 Å². The molecule has 3 amide bonds. The zero-order chi connectivity index (χ0) is 12.8. The van der Waals surface area contributed by atoms with Crippen LogP contribution in [0.25, 0.3) is 0 Å². The Kier molecular flexibility index (Phi) is 5.11. The monoisotopic (exact) mass is 299 g/mol. The van der Waals surface area contributed by atoms with Gasteiger partial charge in [-0.05, 0) is 24.6 Å². The van der Waals surface area contributed by atoms with Crippen LogP contribution < -0.4 is 16.4 Å². The van der Waals surface area contributed by atoms with E-state index in [9.17, 15) is 9.59 Å². The van der Waals surface area contributed by atoms with Gasteiger partial charge in [-0.1, -0.05) is 28.1 Å². The van der Waals surface area contributed by atoms with Gasteiger partial charge in [0.2, 0.25) is 5.91 Å². The molecule has 0 aliphatic rings. The molecule has 0 saturated carbocycles. The van der Waals surface area contributed by atoms with Crippen molar-refractivity contribution in [3.05, 3.63) is 34.3 Å². The number of nitrogens with one attached hydrogen (secondary N) is 2. The standard InChI is InChI=1S/C11H14BrN3O2/c1-7(8-2-4-9(12)5-3-8)14-6-10(16)15-11(13)17/h2-5,7,14H,6H2,1H3,(H3,13,15,16,17)/t7-/m0/s1. The Morgan fingerprint density at radius 1 is 1.35 bits per heavy atom. The van der Waals surface area contributed by atoms with Crippen LogP contribution in [0.15, 0.2) is 28.7 Å². The number of hydrogen-bond acceptors (Lipinski definition) is 3. The molecule has 0 aromatic heterocycles. The topological polar surface area (TPSA) is 84.2 Å². The Balaban J connectivity index is 2.44. The van der Waals surface area contributed by atoms with Crippen LogP contribution in [0.3, 0.4) is 0 Å². The predicted octanol–water partition coefficient (Wildman–Crippen LogP) is 1.29. The van der Waals surface area contributed by atoms with E-state index >= 15 is 0 Å². The molecule has 0 aliphatic heterocycles. The van der Waals surface area contributed by atoms with E-state index in [1.807, 2.05) is 36.5 Å². The van der Waals surface area contributed by atoms with Crippen molar-refractivity contribution in [3.63, 3.8) is 0 Å². The summed E-state index contributed by atoms with van der Waals surface area (Å²) >= 11 is 3.35. The maximum atomic E-state index is 11.2. The fraction of sp³-hybridized carbons (Fsp3) is 0.273. The zero-order valence-electron chi connectivity index (χ0n) is 9.37. The van der Waals surface area contributed by atoms with E-state index in [-0.39, 0.29) is 12.6 Å². The van der Waals surface area contributed by atoms with Crippen molar-refractivity contribution >= 4 is 27.9 Å². The SMILES string of the molecule is C[C@H](NCC(=O)NC(N)=O)c1ccc(Br)cc1. The molecule has 1 aromatic rings. The lowest BCUT2D eigenvalue weighted by Gasteiger charge is -2.13. The van der Waals surface area contributed by atoms with Crippen LogP contribution >= 0.6 is 15.9 Å². The average Bonchev–Trinajstić information content (AvgIpc) is 2.26. The number of nitrogens with two attached hydrogens (primary N) is 1. The lowest BCUT2D eigenvalue weighted by molar-refractivity contribution is -0.119. The van der Waals surface area contributed by atoms with E-state index < -0.39 is 11.9 Å². The van der Waals surface area contributed by atoms with Crippen molar-refractivity contribution in [1.82, 2.24) is 10.6 Å². The van der Waals surface area contributed by atoms with E-state index in [1.54, 1.807) is 0 Å². The normalized spacial score (nSPS) is 11.9. The highest BCUT2D eigenvalue weighted by atomic mass is 79.9. The van der Waals surface area contributed by atoms with Gasteiger partial charge in [-0.3, -0.25) is 10.1 Å². The summed E-state index contributed by atoms with van der Waals surface area (Å²) in [6, 6.07) is 6.94. The molecule has 1 rings (SSSR count). The summed E-state index contributed by atoms with van der Waals surface area (Å²) in [6.45, 7) is 1.97. The number of rotatable bonds is 4. The molecule has 5 nitrogen and oxygen atoms in total. The minimum absolute atomic E-state index is 0.0155. The van der Waals surface area contributed by atoms with Crippen LogP contribution in [0.5, 0.6) is 0 Å². The fourth-order valence-corrected chi connectivity index (χ4v) is 1.56. The molecule has 0 aliphatic carbocycles. The van der Waals surface area contributed by atoms with Gasteiger partial charge in [-0.2, -0.15) is 0 Å². The summed E-state index contributed by atoms with van der Waals surface area (Å²) in [7, 11) is 0. The molecule has 0 heterocycles. The number of imide groups is 1. The van der Waals surface area contributed by atoms with E-state index in [1.165, 1.54) is 0 Å². The Bertz CT molecular complexity index is 406. The summed E-state index contributed by atoms with van der Waals surface area (Å²) in [4.78, 5) is 21.6.